The molecule has 7 nitrogen and oxygen atoms in total. The van der Waals surface area contributed by atoms with Crippen molar-refractivity contribution in [3.63, 3.8) is 0 Å². The summed E-state index contributed by atoms with van der Waals surface area (Å²) in [4.78, 5) is 37.9. The maximum Gasteiger partial charge on any atom is 0.293 e. The number of rotatable bonds is 5. The van der Waals surface area contributed by atoms with Crippen molar-refractivity contribution in [1.29, 1.82) is 0 Å². The fourth-order valence-corrected chi connectivity index (χ4v) is 5.31. The first-order valence-electron chi connectivity index (χ1n) is 11.0. The van der Waals surface area contributed by atoms with Crippen LogP contribution in [-0.4, -0.2) is 25.5 Å². The number of nitro groups is 1. The van der Waals surface area contributed by atoms with E-state index in [1.54, 1.807) is 24.3 Å². The summed E-state index contributed by atoms with van der Waals surface area (Å²) in [6, 6.07) is 22.4. The molecule has 4 aromatic rings. The minimum Gasteiger partial charge on any atom is -0.317 e. The predicted molar refractivity (Wildman–Crippen MR) is 137 cm³/mol. The molecule has 1 aliphatic rings. The van der Waals surface area contributed by atoms with Crippen LogP contribution in [0.2, 0.25) is 0 Å². The van der Waals surface area contributed by atoms with Crippen LogP contribution in [0.5, 0.6) is 0 Å². The summed E-state index contributed by atoms with van der Waals surface area (Å²) in [6.45, 7) is 3.85. The van der Waals surface area contributed by atoms with Gasteiger partial charge in [0.15, 0.2) is 0 Å². The minimum absolute atomic E-state index is 0.117. The van der Waals surface area contributed by atoms with Crippen molar-refractivity contribution >= 4 is 45.4 Å². The number of imide groups is 1. The fourth-order valence-electron chi connectivity index (χ4n) is 4.48. The lowest BCUT2D eigenvalue weighted by atomic mass is 10.1. The number of aromatic nitrogens is 1. The number of hydrogen-bond acceptors (Lipinski definition) is 5. The Balaban J connectivity index is 1.49. The predicted octanol–water partition coefficient (Wildman–Crippen LogP) is 6.39. The van der Waals surface area contributed by atoms with E-state index in [4.69, 9.17) is 0 Å². The van der Waals surface area contributed by atoms with Crippen molar-refractivity contribution in [2.45, 2.75) is 20.4 Å². The van der Waals surface area contributed by atoms with Crippen LogP contribution in [0, 0.1) is 24.0 Å². The number of carbonyl (C=O) groups excluding carboxylic acids is 2. The lowest BCUT2D eigenvalue weighted by Crippen LogP contribution is -2.27. The van der Waals surface area contributed by atoms with Crippen molar-refractivity contribution in [3.8, 4) is 5.69 Å². The average Bonchev–Trinajstić information content (AvgIpc) is 3.27. The molecule has 0 bridgehead atoms. The van der Waals surface area contributed by atoms with E-state index in [-0.39, 0.29) is 12.2 Å². The van der Waals surface area contributed by atoms with Gasteiger partial charge < -0.3 is 4.57 Å². The van der Waals surface area contributed by atoms with Gasteiger partial charge in [0.1, 0.15) is 0 Å². The molecule has 1 fully saturated rings. The molecule has 0 atom stereocenters. The van der Waals surface area contributed by atoms with Crippen LogP contribution >= 0.6 is 11.8 Å². The highest BCUT2D eigenvalue weighted by atomic mass is 32.2. The molecule has 5 rings (SSSR count). The van der Waals surface area contributed by atoms with Gasteiger partial charge in [-0.1, -0.05) is 54.6 Å². The summed E-state index contributed by atoms with van der Waals surface area (Å²) in [5, 5.41) is 13.1. The summed E-state index contributed by atoms with van der Waals surface area (Å²) >= 11 is 0.852. The summed E-state index contributed by atoms with van der Waals surface area (Å²) in [7, 11) is 0. The van der Waals surface area contributed by atoms with E-state index in [9.17, 15) is 19.7 Å². The van der Waals surface area contributed by atoms with E-state index in [0.717, 1.165) is 50.1 Å². The number of nitro benzene ring substituents is 1. The second-order valence-corrected chi connectivity index (χ2v) is 9.31. The third-order valence-corrected chi connectivity index (χ3v) is 7.06. The molecule has 2 amide bonds. The molecule has 35 heavy (non-hydrogen) atoms. The largest absolute Gasteiger partial charge is 0.317 e. The molecular formula is C27H21N3O4S. The maximum atomic E-state index is 13.1. The first-order chi connectivity index (χ1) is 16.8. The lowest BCUT2D eigenvalue weighted by Gasteiger charge is -2.13. The van der Waals surface area contributed by atoms with E-state index >= 15 is 0 Å². The van der Waals surface area contributed by atoms with Gasteiger partial charge in [-0.15, -0.1) is 0 Å². The quantitative estimate of drug-likeness (QED) is 0.186. The number of amides is 2. The van der Waals surface area contributed by atoms with E-state index in [0.29, 0.717) is 10.5 Å². The molecule has 0 aliphatic carbocycles. The Morgan fingerprint density at radius 1 is 0.971 bits per heavy atom. The van der Waals surface area contributed by atoms with E-state index in [2.05, 4.69) is 28.8 Å². The third kappa shape index (κ3) is 4.02. The highest BCUT2D eigenvalue weighted by molar-refractivity contribution is 8.18. The fraction of sp³-hybridized carbons (Fsp3) is 0.111. The van der Waals surface area contributed by atoms with Crippen molar-refractivity contribution in [1.82, 2.24) is 9.47 Å². The molecule has 0 N–H and O–H groups in total. The van der Waals surface area contributed by atoms with Crippen LogP contribution < -0.4 is 0 Å². The zero-order chi connectivity index (χ0) is 24.7. The van der Waals surface area contributed by atoms with Gasteiger partial charge >= 0.3 is 0 Å². The third-order valence-electron chi connectivity index (χ3n) is 6.15. The van der Waals surface area contributed by atoms with Crippen LogP contribution in [0.4, 0.5) is 10.5 Å². The number of thioether (sulfide) groups is 1. The standard InChI is InChI=1S/C27H21N3O4S/c1-17-14-21(18(2)29(17)24-13-7-10-19-8-3-5-11-22(19)24)15-25-26(31)28(27(32)35-25)16-20-9-4-6-12-23(20)30(33)34/h3-15H,16H2,1-2H3/b25-15-. The summed E-state index contributed by atoms with van der Waals surface area (Å²) in [5.41, 5.74) is 4.03. The normalized spacial score (nSPS) is 14.9. The number of aryl methyl sites for hydroxylation is 1. The Hall–Kier alpha value is -4.17. The second kappa shape index (κ2) is 8.88. The van der Waals surface area contributed by atoms with Gasteiger partial charge in [0, 0.05) is 28.4 Å². The first kappa shape index (κ1) is 22.6. The van der Waals surface area contributed by atoms with Crippen LogP contribution in [0.3, 0.4) is 0 Å². The van der Waals surface area contributed by atoms with Gasteiger partial charge in [-0.3, -0.25) is 24.6 Å². The summed E-state index contributed by atoms with van der Waals surface area (Å²) < 4.78 is 2.14. The molecule has 1 saturated heterocycles. The van der Waals surface area contributed by atoms with Gasteiger partial charge in [-0.2, -0.15) is 0 Å². The highest BCUT2D eigenvalue weighted by Crippen LogP contribution is 2.36. The first-order valence-corrected chi connectivity index (χ1v) is 11.8. The number of benzene rings is 3. The molecule has 1 aliphatic heterocycles. The van der Waals surface area contributed by atoms with Crippen LogP contribution in [0.25, 0.3) is 22.5 Å². The number of para-hydroxylation sites is 1. The van der Waals surface area contributed by atoms with E-state index in [1.807, 2.05) is 38.1 Å². The second-order valence-electron chi connectivity index (χ2n) is 8.31. The molecule has 0 spiro atoms. The Labute approximate surface area is 205 Å². The van der Waals surface area contributed by atoms with E-state index in [1.165, 1.54) is 6.07 Å². The minimum atomic E-state index is -0.508. The van der Waals surface area contributed by atoms with Crippen LogP contribution in [0.15, 0.2) is 77.7 Å². The van der Waals surface area contributed by atoms with Crippen molar-refractivity contribution < 1.29 is 14.5 Å². The van der Waals surface area contributed by atoms with Gasteiger partial charge in [0.25, 0.3) is 16.8 Å². The Bertz CT molecular complexity index is 1550. The molecule has 3 aromatic carbocycles. The maximum absolute atomic E-state index is 13.1. The number of fused-ring (bicyclic) bond motifs is 1. The van der Waals surface area contributed by atoms with Gasteiger partial charge in [0.2, 0.25) is 0 Å². The van der Waals surface area contributed by atoms with E-state index < -0.39 is 16.1 Å². The number of carbonyl (C=O) groups is 2. The SMILES string of the molecule is Cc1cc(/C=C2\SC(=O)N(Cc3ccccc3[N+](=O)[O-])C2=O)c(C)n1-c1cccc2ccccc12. The number of hydrogen-bond donors (Lipinski definition) is 0. The summed E-state index contributed by atoms with van der Waals surface area (Å²) in [5.74, 6) is -0.451. The smallest absolute Gasteiger partial charge is 0.293 e. The van der Waals surface area contributed by atoms with Crippen LogP contribution in [-0.2, 0) is 11.3 Å². The zero-order valence-electron chi connectivity index (χ0n) is 19.1. The molecule has 1 aromatic heterocycles. The van der Waals surface area contributed by atoms with Crippen molar-refractivity contribution in [2.24, 2.45) is 0 Å². The highest BCUT2D eigenvalue weighted by Gasteiger charge is 2.36. The van der Waals surface area contributed by atoms with Crippen molar-refractivity contribution in [3.05, 3.63) is 110 Å². The molecule has 2 heterocycles. The topological polar surface area (TPSA) is 85.5 Å². The van der Waals surface area contributed by atoms with Gasteiger partial charge in [0.05, 0.1) is 22.1 Å². The monoisotopic (exact) mass is 483 g/mol. The lowest BCUT2D eigenvalue weighted by molar-refractivity contribution is -0.385. The molecule has 8 heteroatoms. The van der Waals surface area contributed by atoms with Gasteiger partial charge in [-0.05, 0) is 54.8 Å². The number of nitrogens with zero attached hydrogens (tertiary/aromatic N) is 3. The Morgan fingerprint density at radius 3 is 2.49 bits per heavy atom. The zero-order valence-corrected chi connectivity index (χ0v) is 19.9. The summed E-state index contributed by atoms with van der Waals surface area (Å²) in [6.07, 6.45) is 1.73. The molecule has 0 saturated carbocycles. The molecule has 0 radical (unpaired) electrons. The molecule has 174 valence electrons. The van der Waals surface area contributed by atoms with Crippen LogP contribution in [0.1, 0.15) is 22.5 Å². The Kier molecular flexibility index (Phi) is 5.74. The van der Waals surface area contributed by atoms with Gasteiger partial charge in [-0.25, -0.2) is 0 Å². The van der Waals surface area contributed by atoms with Crippen molar-refractivity contribution in [2.75, 3.05) is 0 Å². The Morgan fingerprint density at radius 2 is 1.69 bits per heavy atom. The molecular weight excluding hydrogens is 462 g/mol. The average molecular weight is 484 g/mol. The molecule has 0 unspecified atom stereocenters.